The second-order valence-corrected chi connectivity index (χ2v) is 5.57. The van der Waals surface area contributed by atoms with Crippen molar-refractivity contribution >= 4 is 30.2 Å². The van der Waals surface area contributed by atoms with E-state index in [1.807, 2.05) is 0 Å². The summed E-state index contributed by atoms with van der Waals surface area (Å²) in [5.74, 6) is -0.328. The highest BCUT2D eigenvalue weighted by Gasteiger charge is 2.21. The smallest absolute Gasteiger partial charge is 0.314 e. The second kappa shape index (κ2) is 6.71. The average molecular weight is 311 g/mol. The highest BCUT2D eigenvalue weighted by Crippen LogP contribution is 2.20. The van der Waals surface area contributed by atoms with E-state index in [9.17, 15) is 13.6 Å². The van der Waals surface area contributed by atoms with Gasteiger partial charge >= 0.3 is 6.03 Å². The number of nitrogens with zero attached hydrogens (tertiary/aromatic N) is 3. The van der Waals surface area contributed by atoms with Crippen molar-refractivity contribution in [3.8, 4) is 0 Å². The molecule has 1 aromatic rings. The molecule has 0 radical (unpaired) electrons. The van der Waals surface area contributed by atoms with Gasteiger partial charge in [-0.15, -0.1) is 11.8 Å². The molecule has 0 spiro atoms. The maximum Gasteiger partial charge on any atom is 0.324 e. The second-order valence-electron chi connectivity index (χ2n) is 4.50. The topological polar surface area (TPSA) is 35.9 Å². The number of carbonyl (C=O) groups is 1. The van der Waals surface area contributed by atoms with Crippen molar-refractivity contribution in [3.05, 3.63) is 41.6 Å². The van der Waals surface area contributed by atoms with Crippen LogP contribution in [0.5, 0.6) is 0 Å². The van der Waals surface area contributed by atoms with Crippen LogP contribution in [-0.4, -0.2) is 47.8 Å². The molecule has 112 valence electrons. The maximum atomic E-state index is 13.3. The molecule has 0 saturated carbocycles. The molecule has 4 nitrogen and oxygen atoms in total. The molecule has 1 aliphatic heterocycles. The third-order valence-electron chi connectivity index (χ3n) is 3.03. The minimum Gasteiger partial charge on any atom is -0.314 e. The Kier molecular flexibility index (Phi) is 4.95. The number of urea groups is 1. The van der Waals surface area contributed by atoms with Gasteiger partial charge in [-0.05, 0) is 24.9 Å². The first-order valence-corrected chi connectivity index (χ1v) is 7.42. The van der Waals surface area contributed by atoms with Gasteiger partial charge in [0.05, 0.1) is 11.6 Å². The van der Waals surface area contributed by atoms with Crippen LogP contribution in [0, 0.1) is 11.6 Å². The summed E-state index contributed by atoms with van der Waals surface area (Å²) in [4.78, 5) is 19.0. The molecule has 0 unspecified atom stereocenters. The highest BCUT2D eigenvalue weighted by atomic mass is 32.2. The largest absolute Gasteiger partial charge is 0.324 e. The third kappa shape index (κ3) is 3.60. The van der Waals surface area contributed by atoms with Crippen molar-refractivity contribution in [3.63, 3.8) is 0 Å². The molecule has 0 aliphatic carbocycles. The molecule has 2 amide bonds. The minimum absolute atomic E-state index is 0.163. The third-order valence-corrected chi connectivity index (χ3v) is 3.99. The fraction of sp³-hybridized carbons (Fsp3) is 0.286. The summed E-state index contributed by atoms with van der Waals surface area (Å²) in [6, 6.07) is 3.27. The Hall–Kier alpha value is -1.89. The molecule has 2 rings (SSSR count). The highest BCUT2D eigenvalue weighted by molar-refractivity contribution is 7.99. The van der Waals surface area contributed by atoms with Crippen LogP contribution < -0.4 is 0 Å². The zero-order valence-electron chi connectivity index (χ0n) is 11.6. The van der Waals surface area contributed by atoms with E-state index in [1.165, 1.54) is 17.2 Å². The van der Waals surface area contributed by atoms with E-state index in [1.54, 1.807) is 23.7 Å². The standard InChI is InChI=1S/C14H15F2N3OS/c1-17-13(10-3-4-11(15)12(16)7-10)8-18(2)14(20)19-5-6-21-9-19/h3-4,7-8H,1,5-6,9H2,2H3. The van der Waals surface area contributed by atoms with Gasteiger partial charge in [-0.1, -0.05) is 0 Å². The van der Waals surface area contributed by atoms with Crippen LogP contribution in [0.4, 0.5) is 13.6 Å². The van der Waals surface area contributed by atoms with Crippen LogP contribution in [0.2, 0.25) is 0 Å². The van der Waals surface area contributed by atoms with E-state index in [-0.39, 0.29) is 6.03 Å². The van der Waals surface area contributed by atoms with Crippen LogP contribution >= 0.6 is 11.8 Å². The molecular formula is C14H15F2N3OS. The predicted octanol–water partition coefficient (Wildman–Crippen LogP) is 3.02. The summed E-state index contributed by atoms with van der Waals surface area (Å²) in [5.41, 5.74) is 0.663. The minimum atomic E-state index is -0.966. The summed E-state index contributed by atoms with van der Waals surface area (Å²) in [6.45, 7) is 4.11. The quantitative estimate of drug-likeness (QED) is 0.805. The summed E-state index contributed by atoms with van der Waals surface area (Å²) in [7, 11) is 1.59. The first kappa shape index (κ1) is 15.5. The molecule has 1 fully saturated rings. The summed E-state index contributed by atoms with van der Waals surface area (Å²) >= 11 is 1.68. The lowest BCUT2D eigenvalue weighted by Crippen LogP contribution is -2.36. The van der Waals surface area contributed by atoms with Crippen LogP contribution in [0.25, 0.3) is 5.70 Å². The van der Waals surface area contributed by atoms with Gasteiger partial charge in [-0.25, -0.2) is 13.6 Å². The van der Waals surface area contributed by atoms with Gasteiger partial charge in [0.1, 0.15) is 0 Å². The zero-order valence-corrected chi connectivity index (χ0v) is 12.4. The molecule has 0 atom stereocenters. The number of amides is 2. The Balaban J connectivity index is 2.20. The Morgan fingerprint density at radius 1 is 1.48 bits per heavy atom. The Labute approximate surface area is 126 Å². The van der Waals surface area contributed by atoms with Crippen LogP contribution in [0.15, 0.2) is 29.4 Å². The fourth-order valence-corrected chi connectivity index (χ4v) is 2.83. The Morgan fingerprint density at radius 2 is 2.24 bits per heavy atom. The summed E-state index contributed by atoms with van der Waals surface area (Å²) in [6.07, 6.45) is 1.46. The molecule has 0 N–H and O–H groups in total. The van der Waals surface area contributed by atoms with Gasteiger partial charge in [0, 0.05) is 31.1 Å². The fourth-order valence-electron chi connectivity index (χ4n) is 1.89. The van der Waals surface area contributed by atoms with E-state index in [2.05, 4.69) is 11.7 Å². The number of hydrogen-bond acceptors (Lipinski definition) is 3. The van der Waals surface area contributed by atoms with Gasteiger partial charge in [0.25, 0.3) is 0 Å². The summed E-state index contributed by atoms with van der Waals surface area (Å²) < 4.78 is 26.2. The number of benzene rings is 1. The van der Waals surface area contributed by atoms with E-state index in [0.29, 0.717) is 23.7 Å². The molecule has 1 saturated heterocycles. The number of hydrogen-bond donors (Lipinski definition) is 0. The number of carbonyl (C=O) groups excluding carboxylic acids is 1. The SMILES string of the molecule is C=NC(=CN(C)C(=O)N1CCSC1)c1ccc(F)c(F)c1. The molecule has 0 bridgehead atoms. The number of thioether (sulfide) groups is 1. The van der Waals surface area contributed by atoms with Crippen LogP contribution in [0.1, 0.15) is 5.56 Å². The number of halogens is 2. The van der Waals surface area contributed by atoms with Crippen molar-refractivity contribution in [2.75, 3.05) is 25.2 Å². The molecule has 1 aromatic carbocycles. The number of aliphatic imine (C=N–C) groups is 1. The van der Waals surface area contributed by atoms with Crippen molar-refractivity contribution in [2.45, 2.75) is 0 Å². The lowest BCUT2D eigenvalue weighted by atomic mass is 10.1. The molecule has 21 heavy (non-hydrogen) atoms. The predicted molar refractivity (Wildman–Crippen MR) is 81.1 cm³/mol. The zero-order chi connectivity index (χ0) is 15.4. The number of rotatable bonds is 3. The first-order chi connectivity index (χ1) is 10.0. The van der Waals surface area contributed by atoms with E-state index >= 15 is 0 Å². The van der Waals surface area contributed by atoms with Gasteiger partial charge in [0.15, 0.2) is 11.6 Å². The Bertz CT molecular complexity index is 586. The molecule has 0 aromatic heterocycles. The Morgan fingerprint density at radius 3 is 2.81 bits per heavy atom. The van der Waals surface area contributed by atoms with Gasteiger partial charge in [-0.2, -0.15) is 0 Å². The van der Waals surface area contributed by atoms with Crippen molar-refractivity contribution in [1.82, 2.24) is 9.80 Å². The van der Waals surface area contributed by atoms with Crippen LogP contribution in [-0.2, 0) is 0 Å². The van der Waals surface area contributed by atoms with E-state index < -0.39 is 11.6 Å². The molecular weight excluding hydrogens is 296 g/mol. The molecule has 1 heterocycles. The van der Waals surface area contributed by atoms with Crippen molar-refractivity contribution in [1.29, 1.82) is 0 Å². The van der Waals surface area contributed by atoms with Crippen LogP contribution in [0.3, 0.4) is 0 Å². The lowest BCUT2D eigenvalue weighted by Gasteiger charge is -2.21. The molecule has 1 aliphatic rings. The van der Waals surface area contributed by atoms with Gasteiger partial charge in [0.2, 0.25) is 0 Å². The van der Waals surface area contributed by atoms with E-state index in [4.69, 9.17) is 0 Å². The first-order valence-electron chi connectivity index (χ1n) is 6.26. The monoisotopic (exact) mass is 311 g/mol. The normalized spacial score (nSPS) is 15.2. The van der Waals surface area contributed by atoms with Crippen molar-refractivity contribution in [2.24, 2.45) is 4.99 Å². The summed E-state index contributed by atoms with van der Waals surface area (Å²) in [5, 5.41) is 0. The maximum absolute atomic E-state index is 13.3. The van der Waals surface area contributed by atoms with Gasteiger partial charge < -0.3 is 9.80 Å². The average Bonchev–Trinajstić information content (AvgIpc) is 3.01. The van der Waals surface area contributed by atoms with Gasteiger partial charge in [-0.3, -0.25) is 4.99 Å². The molecule has 7 heteroatoms. The van der Waals surface area contributed by atoms with E-state index in [0.717, 1.165) is 17.9 Å². The lowest BCUT2D eigenvalue weighted by molar-refractivity contribution is 0.190. The van der Waals surface area contributed by atoms with Crippen molar-refractivity contribution < 1.29 is 13.6 Å².